The molecule has 0 aliphatic rings. The quantitative estimate of drug-likeness (QED) is 0.204. The minimum atomic E-state index is -1.48. The zero-order valence-corrected chi connectivity index (χ0v) is 4.33. The van der Waals surface area contributed by atoms with Gasteiger partial charge < -0.3 is 9.29 Å². The van der Waals surface area contributed by atoms with Crippen LogP contribution in [0, 0.1) is 0 Å². The molecule has 0 aromatic carbocycles. The van der Waals surface area contributed by atoms with Gasteiger partial charge in [-0.2, -0.15) is 0 Å². The van der Waals surface area contributed by atoms with Crippen molar-refractivity contribution >= 4 is 18.4 Å². The molecule has 0 amide bonds. The molecule has 1 N–H and O–H groups in total. The number of rotatable bonds is 2. The van der Waals surface area contributed by atoms with Crippen LogP contribution < -0.4 is 0 Å². The third kappa shape index (κ3) is 4.93. The number of hydrogen-bond donors (Lipinski definition) is 1. The predicted octanol–water partition coefficient (Wildman–Crippen LogP) is 1.55. The summed E-state index contributed by atoms with van der Waals surface area (Å²) in [7, 11) is 0. The van der Waals surface area contributed by atoms with Gasteiger partial charge in [-0.15, -0.1) is 0 Å². The molecule has 0 spiro atoms. The van der Waals surface area contributed by atoms with Crippen molar-refractivity contribution in [3.63, 3.8) is 0 Å². The normalized spacial score (nSPS) is 7.00. The second kappa shape index (κ2) is 4.10. The van der Waals surface area contributed by atoms with Crippen LogP contribution in [0.15, 0.2) is 4.52 Å². The molecule has 0 atom stereocenters. The largest absolute Gasteiger partial charge is 0.518 e. The van der Waals surface area contributed by atoms with Gasteiger partial charge in [0, 0.05) is 9.43 Å². The fourth-order valence-corrected chi connectivity index (χ4v) is 0.190. The zero-order valence-electron chi connectivity index (χ0n) is 3.51. The molecule has 6 nitrogen and oxygen atoms in total. The molecule has 0 heterocycles. The van der Waals surface area contributed by atoms with E-state index in [2.05, 4.69) is 13.6 Å². The summed E-state index contributed by atoms with van der Waals surface area (Å²) in [5.74, 6) is 0. The van der Waals surface area contributed by atoms with Crippen LogP contribution in [-0.4, -0.2) is 11.3 Å². The van der Waals surface area contributed by atoms with E-state index in [1.54, 1.807) is 0 Å². The molecule has 0 aliphatic heterocycles. The lowest BCUT2D eigenvalue weighted by atomic mass is 11.5. The van der Waals surface area contributed by atoms with E-state index in [4.69, 9.17) is 10.6 Å². The van der Waals surface area contributed by atoms with Crippen LogP contribution in [0.4, 0.5) is 4.79 Å². The summed E-state index contributed by atoms with van der Waals surface area (Å²) in [4.78, 5) is 11.7. The first-order valence-electron chi connectivity index (χ1n) is 1.38. The van der Waals surface area contributed by atoms with Crippen LogP contribution in [0.5, 0.6) is 0 Å². The number of nitrogens with zero attached hydrogens (tertiary/aromatic N) is 3. The van der Waals surface area contributed by atoms with Crippen molar-refractivity contribution in [3.05, 3.63) is 10.4 Å². The van der Waals surface area contributed by atoms with Crippen molar-refractivity contribution in [2.45, 2.75) is 0 Å². The highest BCUT2D eigenvalue weighted by Gasteiger charge is 1.91. The minimum absolute atomic E-state index is 0.170. The third-order valence-corrected chi connectivity index (χ3v) is 0.535. The van der Waals surface area contributed by atoms with Crippen molar-refractivity contribution in [1.29, 1.82) is 0 Å². The highest BCUT2D eigenvalue weighted by Crippen LogP contribution is 2.02. The molecule has 0 saturated heterocycles. The van der Waals surface area contributed by atoms with E-state index >= 15 is 0 Å². The molecular weight excluding hydrogens is 134 g/mol. The molecule has 0 rings (SSSR count). The van der Waals surface area contributed by atoms with Crippen LogP contribution in [0.1, 0.15) is 0 Å². The maximum atomic E-state index is 9.45. The van der Waals surface area contributed by atoms with E-state index in [0.717, 1.165) is 0 Å². The smallest absolute Gasteiger partial charge is 0.449 e. The minimum Gasteiger partial charge on any atom is -0.449 e. The molecule has 0 aromatic rings. The highest BCUT2D eigenvalue weighted by molar-refractivity contribution is 7.93. The summed E-state index contributed by atoms with van der Waals surface area (Å²) in [5.41, 5.74) is 7.54. The second-order valence-corrected chi connectivity index (χ2v) is 1.07. The first-order valence-corrected chi connectivity index (χ1v) is 2.08. The Balaban J connectivity index is 3.18. The van der Waals surface area contributed by atoms with Gasteiger partial charge in [0.05, 0.1) is 0 Å². The van der Waals surface area contributed by atoms with E-state index < -0.39 is 6.16 Å². The van der Waals surface area contributed by atoms with Gasteiger partial charge in [0.15, 0.2) is 12.2 Å². The molecule has 0 aliphatic carbocycles. The lowest BCUT2D eigenvalue weighted by Crippen LogP contribution is -1.88. The van der Waals surface area contributed by atoms with Gasteiger partial charge in [-0.3, -0.25) is 0 Å². The topological polar surface area (TPSA) is 95.3 Å². The van der Waals surface area contributed by atoms with Gasteiger partial charge in [0.1, 0.15) is 0 Å². The van der Waals surface area contributed by atoms with Crippen LogP contribution in [-0.2, 0) is 4.18 Å². The molecule has 0 saturated carbocycles. The Kier molecular flexibility index (Phi) is 3.55. The summed E-state index contributed by atoms with van der Waals surface area (Å²) in [6.45, 7) is 0. The van der Waals surface area contributed by atoms with Crippen molar-refractivity contribution < 1.29 is 14.1 Å². The van der Waals surface area contributed by atoms with Gasteiger partial charge in [0.25, 0.3) is 0 Å². The van der Waals surface area contributed by atoms with E-state index in [9.17, 15) is 4.79 Å². The lowest BCUT2D eigenvalue weighted by molar-refractivity contribution is 0.153. The first-order chi connectivity index (χ1) is 3.77. The monoisotopic (exact) mass is 135 g/mol. The fraction of sp³-hybridized carbons (Fsp3) is 0. The van der Waals surface area contributed by atoms with Crippen molar-refractivity contribution in [3.8, 4) is 0 Å². The summed E-state index contributed by atoms with van der Waals surface area (Å²) in [5, 5.41) is 7.71. The van der Waals surface area contributed by atoms with Gasteiger partial charge in [-0.25, -0.2) is 4.79 Å². The SMILES string of the molecule is [N-]=[N+]=NSOC(=O)O. The second-order valence-electron chi connectivity index (χ2n) is 0.595. The third-order valence-electron chi connectivity index (χ3n) is 0.178. The summed E-state index contributed by atoms with van der Waals surface area (Å²) >= 11 is 0.170. The van der Waals surface area contributed by atoms with E-state index in [1.807, 2.05) is 0 Å². The Labute approximate surface area is 48.4 Å². The van der Waals surface area contributed by atoms with Gasteiger partial charge >= 0.3 is 6.16 Å². The van der Waals surface area contributed by atoms with E-state index in [-0.39, 0.29) is 12.2 Å². The predicted molar refractivity (Wildman–Crippen MR) is 25.8 cm³/mol. The lowest BCUT2D eigenvalue weighted by Gasteiger charge is -1.84. The molecule has 7 heteroatoms. The van der Waals surface area contributed by atoms with Gasteiger partial charge in [-0.05, 0) is 5.53 Å². The van der Waals surface area contributed by atoms with Gasteiger partial charge in [0.2, 0.25) is 0 Å². The van der Waals surface area contributed by atoms with Crippen LogP contribution in [0.3, 0.4) is 0 Å². The number of azide groups is 1. The maximum Gasteiger partial charge on any atom is 0.518 e. The molecule has 0 unspecified atom stereocenters. The van der Waals surface area contributed by atoms with Crippen molar-refractivity contribution in [2.24, 2.45) is 4.52 Å². The standard InChI is InChI=1S/CHN3O3S/c2-3-4-8-7-1(5)6/h(H,5,6). The molecule has 8 heavy (non-hydrogen) atoms. The summed E-state index contributed by atoms with van der Waals surface area (Å²) < 4.78 is 6.40. The first kappa shape index (κ1) is 6.93. The molecule has 0 bridgehead atoms. The maximum absolute atomic E-state index is 9.45. The van der Waals surface area contributed by atoms with Crippen LogP contribution in [0.2, 0.25) is 0 Å². The average molecular weight is 135 g/mol. The molecule has 0 radical (unpaired) electrons. The molecule has 44 valence electrons. The van der Waals surface area contributed by atoms with E-state index in [1.165, 1.54) is 0 Å². The Hall–Kier alpha value is -1.07. The molecular formula is CHN3O3S. The number of carboxylic acid groups (broad SMARTS) is 1. The molecule has 0 fully saturated rings. The van der Waals surface area contributed by atoms with Crippen molar-refractivity contribution in [2.75, 3.05) is 0 Å². The number of carbonyl (C=O) groups is 1. The van der Waals surface area contributed by atoms with Crippen molar-refractivity contribution in [1.82, 2.24) is 0 Å². The Morgan fingerprint density at radius 2 is 2.62 bits per heavy atom. The van der Waals surface area contributed by atoms with E-state index in [0.29, 0.717) is 0 Å². The fourth-order valence-electron chi connectivity index (χ4n) is 0.0635. The summed E-state index contributed by atoms with van der Waals surface area (Å²) in [6, 6.07) is 0. The average Bonchev–Trinajstić information content (AvgIpc) is 1.66. The zero-order chi connectivity index (χ0) is 6.41. The Bertz CT molecular complexity index is 126. The van der Waals surface area contributed by atoms with Crippen LogP contribution in [0.25, 0.3) is 10.4 Å². The summed E-state index contributed by atoms with van der Waals surface area (Å²) in [6.07, 6.45) is -1.48. The number of hydrogen-bond acceptors (Lipinski definition) is 4. The van der Waals surface area contributed by atoms with Crippen LogP contribution >= 0.6 is 12.2 Å². The molecule has 0 aromatic heterocycles. The Morgan fingerprint density at radius 1 is 2.00 bits per heavy atom. The van der Waals surface area contributed by atoms with Gasteiger partial charge in [-0.1, -0.05) is 0 Å². The highest BCUT2D eigenvalue weighted by atomic mass is 32.2. The Morgan fingerprint density at radius 3 is 3.00 bits per heavy atom.